The second-order valence-electron chi connectivity index (χ2n) is 6.66. The Balaban J connectivity index is 0.00000210. The van der Waals surface area contributed by atoms with Gasteiger partial charge in [-0.15, -0.1) is 24.8 Å². The molecule has 0 spiro atoms. The number of hydrogen-bond acceptors (Lipinski definition) is 6. The lowest BCUT2D eigenvalue weighted by Crippen LogP contribution is -2.27. The van der Waals surface area contributed by atoms with Crippen LogP contribution in [0, 0.1) is 13.8 Å². The molecule has 0 radical (unpaired) electrons. The first kappa shape index (κ1) is 24.9. The lowest BCUT2D eigenvalue weighted by molar-refractivity contribution is 0.117. The third-order valence-corrected chi connectivity index (χ3v) is 4.28. The van der Waals surface area contributed by atoms with Gasteiger partial charge in [0.15, 0.2) is 0 Å². The van der Waals surface area contributed by atoms with Crippen molar-refractivity contribution in [1.82, 2.24) is 9.97 Å². The lowest BCUT2D eigenvalue weighted by atomic mass is 10.1. The number of aliphatic hydroxyl groups is 1. The molecular weight excluding hydrogens is 411 g/mol. The molecule has 158 valence electrons. The van der Waals surface area contributed by atoms with Gasteiger partial charge in [-0.2, -0.15) is 0 Å². The quantitative estimate of drug-likeness (QED) is 0.498. The molecule has 1 atom stereocenters. The number of nitrogens with one attached hydrogen (secondary N) is 1. The number of aliphatic hydroxyl groups excluding tert-OH is 1. The Morgan fingerprint density at radius 1 is 1.10 bits per heavy atom. The van der Waals surface area contributed by atoms with Gasteiger partial charge in [0.1, 0.15) is 30.1 Å². The zero-order valence-electron chi connectivity index (χ0n) is 16.6. The first-order chi connectivity index (χ1) is 13.1. The number of para-hydroxylation sites is 1. The molecule has 2 aromatic carbocycles. The van der Waals surface area contributed by atoms with Gasteiger partial charge >= 0.3 is 0 Å². The molecule has 6 nitrogen and oxygen atoms in total. The number of halogens is 2. The molecule has 0 amide bonds. The Labute approximate surface area is 183 Å². The van der Waals surface area contributed by atoms with E-state index in [1.807, 2.05) is 50.2 Å². The van der Waals surface area contributed by atoms with Crippen molar-refractivity contribution in [2.45, 2.75) is 26.4 Å². The molecule has 0 bridgehead atoms. The summed E-state index contributed by atoms with van der Waals surface area (Å²) in [5.41, 5.74) is 8.74. The molecule has 0 aliphatic heterocycles. The van der Waals surface area contributed by atoms with Crippen LogP contribution >= 0.6 is 24.8 Å². The van der Waals surface area contributed by atoms with Crippen LogP contribution in [-0.2, 0) is 6.42 Å². The average molecular weight is 439 g/mol. The number of ether oxygens (including phenoxy) is 1. The second-order valence-corrected chi connectivity index (χ2v) is 6.66. The molecule has 0 aliphatic carbocycles. The van der Waals surface area contributed by atoms with Crippen LogP contribution in [0.2, 0.25) is 0 Å². The Morgan fingerprint density at radius 2 is 1.86 bits per heavy atom. The summed E-state index contributed by atoms with van der Waals surface area (Å²) in [4.78, 5) is 9.08. The SMILES string of the molecule is Cc1ccc(OCC(O)CNc2nc(CCN)nc3ccccc23)c(C)c1.Cl.Cl. The van der Waals surface area contributed by atoms with Crippen molar-refractivity contribution in [3.05, 3.63) is 59.4 Å². The standard InChI is InChI=1S/C21H26N4O2.2ClH/c1-14-7-8-19(15(2)11-14)27-13-16(26)12-23-21-17-5-3-4-6-18(17)24-20(25-21)9-10-22;;/h3-8,11,16,26H,9-10,12-13,22H2,1-2H3,(H,23,24,25);2*1H. The molecule has 0 aliphatic rings. The first-order valence-electron chi connectivity index (χ1n) is 9.14. The van der Waals surface area contributed by atoms with Crippen LogP contribution in [0.4, 0.5) is 5.82 Å². The van der Waals surface area contributed by atoms with Crippen molar-refractivity contribution in [1.29, 1.82) is 0 Å². The van der Waals surface area contributed by atoms with E-state index in [4.69, 9.17) is 10.5 Å². The number of nitrogens with zero attached hydrogens (tertiary/aromatic N) is 2. The predicted molar refractivity (Wildman–Crippen MR) is 123 cm³/mol. The van der Waals surface area contributed by atoms with E-state index in [9.17, 15) is 5.11 Å². The summed E-state index contributed by atoms with van der Waals surface area (Å²) in [6, 6.07) is 13.8. The number of benzene rings is 2. The Kier molecular flexibility index (Phi) is 10.1. The highest BCUT2D eigenvalue weighted by Gasteiger charge is 2.11. The van der Waals surface area contributed by atoms with E-state index in [2.05, 4.69) is 21.4 Å². The molecular formula is C21H28Cl2N4O2. The largest absolute Gasteiger partial charge is 0.491 e. The monoisotopic (exact) mass is 438 g/mol. The zero-order chi connectivity index (χ0) is 19.2. The number of rotatable bonds is 8. The number of anilines is 1. The van der Waals surface area contributed by atoms with Gasteiger partial charge in [0.05, 0.1) is 5.52 Å². The van der Waals surface area contributed by atoms with Crippen molar-refractivity contribution >= 4 is 41.5 Å². The third kappa shape index (κ3) is 6.72. The molecule has 1 aromatic heterocycles. The fourth-order valence-corrected chi connectivity index (χ4v) is 2.92. The summed E-state index contributed by atoms with van der Waals surface area (Å²) in [6.07, 6.45) is -0.0601. The van der Waals surface area contributed by atoms with Crippen LogP contribution in [0.3, 0.4) is 0 Å². The lowest BCUT2D eigenvalue weighted by Gasteiger charge is -2.16. The number of nitrogens with two attached hydrogens (primary N) is 1. The normalized spacial score (nSPS) is 11.3. The van der Waals surface area contributed by atoms with E-state index in [1.54, 1.807) is 0 Å². The van der Waals surface area contributed by atoms with Crippen molar-refractivity contribution in [2.75, 3.05) is 25.0 Å². The van der Waals surface area contributed by atoms with Gasteiger partial charge < -0.3 is 20.9 Å². The van der Waals surface area contributed by atoms with Gasteiger partial charge in [-0.25, -0.2) is 9.97 Å². The van der Waals surface area contributed by atoms with Gasteiger partial charge in [0, 0.05) is 18.4 Å². The minimum Gasteiger partial charge on any atom is -0.491 e. The van der Waals surface area contributed by atoms with Gasteiger partial charge in [0.25, 0.3) is 0 Å². The number of aromatic nitrogens is 2. The van der Waals surface area contributed by atoms with Crippen LogP contribution in [0.25, 0.3) is 10.9 Å². The zero-order valence-corrected chi connectivity index (χ0v) is 18.2. The number of hydrogen-bond donors (Lipinski definition) is 3. The fourth-order valence-electron chi connectivity index (χ4n) is 2.92. The molecule has 3 rings (SSSR count). The van der Waals surface area contributed by atoms with E-state index in [0.717, 1.165) is 22.2 Å². The first-order valence-corrected chi connectivity index (χ1v) is 9.14. The summed E-state index contributed by atoms with van der Waals surface area (Å²) < 4.78 is 5.75. The predicted octanol–water partition coefficient (Wildman–Crippen LogP) is 3.44. The second kappa shape index (κ2) is 11.8. The van der Waals surface area contributed by atoms with E-state index < -0.39 is 6.10 Å². The average Bonchev–Trinajstić information content (AvgIpc) is 2.65. The summed E-state index contributed by atoms with van der Waals surface area (Å²) in [7, 11) is 0. The summed E-state index contributed by atoms with van der Waals surface area (Å²) in [5.74, 6) is 2.19. The number of aryl methyl sites for hydroxylation is 2. The highest BCUT2D eigenvalue weighted by molar-refractivity contribution is 5.89. The van der Waals surface area contributed by atoms with Gasteiger partial charge in [0.2, 0.25) is 0 Å². The summed E-state index contributed by atoms with van der Waals surface area (Å²) >= 11 is 0. The van der Waals surface area contributed by atoms with E-state index >= 15 is 0 Å². The smallest absolute Gasteiger partial charge is 0.137 e. The van der Waals surface area contributed by atoms with Crippen molar-refractivity contribution in [2.24, 2.45) is 5.73 Å². The maximum absolute atomic E-state index is 10.3. The van der Waals surface area contributed by atoms with Crippen LogP contribution in [0.5, 0.6) is 5.75 Å². The van der Waals surface area contributed by atoms with Gasteiger partial charge in [-0.05, 0) is 44.2 Å². The Morgan fingerprint density at radius 3 is 2.59 bits per heavy atom. The van der Waals surface area contributed by atoms with Gasteiger partial charge in [-0.3, -0.25) is 0 Å². The van der Waals surface area contributed by atoms with Gasteiger partial charge in [-0.1, -0.05) is 29.8 Å². The minimum atomic E-state index is -0.669. The highest BCUT2D eigenvalue weighted by Crippen LogP contribution is 2.21. The van der Waals surface area contributed by atoms with Crippen LogP contribution in [0.15, 0.2) is 42.5 Å². The molecule has 4 N–H and O–H groups in total. The molecule has 29 heavy (non-hydrogen) atoms. The Bertz CT molecular complexity index is 924. The summed E-state index contributed by atoms with van der Waals surface area (Å²) in [6.45, 7) is 5.06. The molecule has 0 fully saturated rings. The topological polar surface area (TPSA) is 93.3 Å². The summed E-state index contributed by atoms with van der Waals surface area (Å²) in [5, 5.41) is 14.5. The Hall–Kier alpha value is -2.12. The number of fused-ring (bicyclic) bond motifs is 1. The molecule has 3 aromatic rings. The van der Waals surface area contributed by atoms with Crippen molar-refractivity contribution < 1.29 is 9.84 Å². The minimum absolute atomic E-state index is 0. The fraction of sp³-hybridized carbons (Fsp3) is 0.333. The maximum Gasteiger partial charge on any atom is 0.137 e. The molecule has 1 unspecified atom stereocenters. The van der Waals surface area contributed by atoms with Crippen molar-refractivity contribution in [3.8, 4) is 5.75 Å². The van der Waals surface area contributed by atoms with E-state index in [1.165, 1.54) is 5.56 Å². The molecule has 0 saturated carbocycles. The molecule has 0 saturated heterocycles. The van der Waals surface area contributed by atoms with E-state index in [-0.39, 0.29) is 31.4 Å². The maximum atomic E-state index is 10.3. The molecule has 8 heteroatoms. The van der Waals surface area contributed by atoms with E-state index in [0.29, 0.717) is 31.2 Å². The van der Waals surface area contributed by atoms with Crippen molar-refractivity contribution in [3.63, 3.8) is 0 Å². The van der Waals surface area contributed by atoms with Crippen LogP contribution in [-0.4, -0.2) is 40.9 Å². The molecule has 1 heterocycles. The highest BCUT2D eigenvalue weighted by atomic mass is 35.5. The van der Waals surface area contributed by atoms with Crippen LogP contribution in [0.1, 0.15) is 17.0 Å². The third-order valence-electron chi connectivity index (χ3n) is 4.28. The van der Waals surface area contributed by atoms with Crippen LogP contribution < -0.4 is 15.8 Å².